The molecule has 0 unspecified atom stereocenters. The number of hydrogen-bond acceptors (Lipinski definition) is 2. The maximum atomic E-state index is 14.5. The molecule has 0 bridgehead atoms. The number of likely N-dealkylation sites (N-methyl/N-ethyl adjacent to an activating group) is 1. The number of amides is 2. The van der Waals surface area contributed by atoms with Crippen LogP contribution in [-0.2, 0) is 29.0 Å². The van der Waals surface area contributed by atoms with E-state index in [0.29, 0.717) is 24.9 Å². The van der Waals surface area contributed by atoms with Crippen LogP contribution in [0, 0.1) is 12.7 Å². The Bertz CT molecular complexity index is 1050. The summed E-state index contributed by atoms with van der Waals surface area (Å²) in [4.78, 5) is 28.1. The average molecular weight is 447 g/mol. The Kier molecular flexibility index (Phi) is 8.76. The van der Waals surface area contributed by atoms with E-state index in [1.807, 2.05) is 68.4 Å². The molecule has 0 aliphatic rings. The molecule has 0 aromatic heterocycles. The van der Waals surface area contributed by atoms with E-state index in [1.54, 1.807) is 18.2 Å². The summed E-state index contributed by atoms with van der Waals surface area (Å²) in [7, 11) is 0. The van der Waals surface area contributed by atoms with Crippen LogP contribution >= 0.6 is 0 Å². The molecule has 0 aliphatic heterocycles. The number of halogens is 1. The van der Waals surface area contributed by atoms with Crippen LogP contribution in [0.5, 0.6) is 0 Å². The minimum absolute atomic E-state index is 0.0358. The van der Waals surface area contributed by atoms with Gasteiger partial charge in [0.1, 0.15) is 11.9 Å². The molecule has 2 amide bonds. The van der Waals surface area contributed by atoms with Gasteiger partial charge >= 0.3 is 0 Å². The third kappa shape index (κ3) is 7.01. The Balaban J connectivity index is 1.89. The highest BCUT2D eigenvalue weighted by Gasteiger charge is 2.30. The molecule has 0 saturated carbocycles. The molecule has 0 spiro atoms. The third-order valence-electron chi connectivity index (χ3n) is 5.67. The standard InChI is InChI=1S/C28H31FN2O2/c1-3-30-28(33)26(19-23-9-5-4-6-10-23)31(20-24-11-7-8-12-25(24)29)27(32)18-17-22-15-13-21(2)14-16-22/h4-16,26H,3,17-20H2,1-2H3,(H,30,33)/t26-/m0/s1. The first-order valence-electron chi connectivity index (χ1n) is 11.4. The second-order valence-corrected chi connectivity index (χ2v) is 8.20. The summed E-state index contributed by atoms with van der Waals surface area (Å²) in [5.41, 5.74) is 3.55. The second kappa shape index (κ2) is 12.0. The van der Waals surface area contributed by atoms with Crippen molar-refractivity contribution in [2.24, 2.45) is 0 Å². The highest BCUT2D eigenvalue weighted by Crippen LogP contribution is 2.18. The number of aryl methyl sites for hydroxylation is 2. The van der Waals surface area contributed by atoms with Crippen molar-refractivity contribution in [3.8, 4) is 0 Å². The van der Waals surface area contributed by atoms with Gasteiger partial charge in [0.25, 0.3) is 0 Å². The molecule has 3 rings (SSSR count). The molecule has 0 aliphatic carbocycles. The molecular weight excluding hydrogens is 415 g/mol. The van der Waals surface area contributed by atoms with Crippen molar-refractivity contribution in [3.05, 3.63) is 107 Å². The molecular formula is C28H31FN2O2. The monoisotopic (exact) mass is 446 g/mol. The van der Waals surface area contributed by atoms with Gasteiger partial charge in [0.15, 0.2) is 0 Å². The van der Waals surface area contributed by atoms with Gasteiger partial charge in [0, 0.05) is 31.5 Å². The molecule has 1 N–H and O–H groups in total. The summed E-state index contributed by atoms with van der Waals surface area (Å²) in [5.74, 6) is -0.796. The molecule has 0 heterocycles. The van der Waals surface area contributed by atoms with Crippen LogP contribution in [0.15, 0.2) is 78.9 Å². The highest BCUT2D eigenvalue weighted by molar-refractivity contribution is 5.88. The van der Waals surface area contributed by atoms with Gasteiger partial charge in [-0.3, -0.25) is 9.59 Å². The van der Waals surface area contributed by atoms with Crippen LogP contribution in [0.3, 0.4) is 0 Å². The Hall–Kier alpha value is -3.47. The zero-order valence-corrected chi connectivity index (χ0v) is 19.3. The predicted octanol–water partition coefficient (Wildman–Crippen LogP) is 4.84. The molecule has 5 heteroatoms. The van der Waals surface area contributed by atoms with Crippen molar-refractivity contribution in [1.29, 1.82) is 0 Å². The van der Waals surface area contributed by atoms with Crippen LogP contribution in [0.25, 0.3) is 0 Å². The molecule has 4 nitrogen and oxygen atoms in total. The average Bonchev–Trinajstić information content (AvgIpc) is 2.82. The fourth-order valence-electron chi connectivity index (χ4n) is 3.81. The van der Waals surface area contributed by atoms with Gasteiger partial charge < -0.3 is 10.2 Å². The number of hydrogen-bond donors (Lipinski definition) is 1. The topological polar surface area (TPSA) is 49.4 Å². The minimum Gasteiger partial charge on any atom is -0.355 e. The fraction of sp³-hybridized carbons (Fsp3) is 0.286. The number of rotatable bonds is 10. The van der Waals surface area contributed by atoms with E-state index >= 15 is 0 Å². The normalized spacial score (nSPS) is 11.6. The van der Waals surface area contributed by atoms with Crippen molar-refractivity contribution in [2.45, 2.75) is 45.7 Å². The maximum Gasteiger partial charge on any atom is 0.243 e. The Morgan fingerprint density at radius 1 is 0.909 bits per heavy atom. The lowest BCUT2D eigenvalue weighted by atomic mass is 10.0. The van der Waals surface area contributed by atoms with Crippen molar-refractivity contribution < 1.29 is 14.0 Å². The predicted molar refractivity (Wildman–Crippen MR) is 129 cm³/mol. The molecule has 3 aromatic carbocycles. The summed E-state index contributed by atoms with van der Waals surface area (Å²) in [6, 6.07) is 23.3. The lowest BCUT2D eigenvalue weighted by Gasteiger charge is -2.31. The molecule has 1 atom stereocenters. The molecule has 3 aromatic rings. The summed E-state index contributed by atoms with van der Waals surface area (Å²) < 4.78 is 14.5. The Labute approximate surface area is 195 Å². The minimum atomic E-state index is -0.738. The molecule has 33 heavy (non-hydrogen) atoms. The number of carbonyl (C=O) groups excluding carboxylic acids is 2. The molecule has 0 radical (unpaired) electrons. The van der Waals surface area contributed by atoms with Crippen molar-refractivity contribution in [3.63, 3.8) is 0 Å². The van der Waals surface area contributed by atoms with Gasteiger partial charge in [-0.1, -0.05) is 78.4 Å². The van der Waals surface area contributed by atoms with E-state index in [2.05, 4.69) is 5.32 Å². The van der Waals surface area contributed by atoms with Crippen molar-refractivity contribution >= 4 is 11.8 Å². The van der Waals surface area contributed by atoms with Gasteiger partial charge in [0.2, 0.25) is 11.8 Å². The lowest BCUT2D eigenvalue weighted by Crippen LogP contribution is -2.50. The highest BCUT2D eigenvalue weighted by atomic mass is 19.1. The van der Waals surface area contributed by atoms with E-state index in [4.69, 9.17) is 0 Å². The SMILES string of the molecule is CCNC(=O)[C@H](Cc1ccccc1)N(Cc1ccccc1F)C(=O)CCc1ccc(C)cc1. The first-order valence-corrected chi connectivity index (χ1v) is 11.4. The Morgan fingerprint density at radius 2 is 1.58 bits per heavy atom. The lowest BCUT2D eigenvalue weighted by molar-refractivity contribution is -0.141. The number of nitrogens with zero attached hydrogens (tertiary/aromatic N) is 1. The summed E-state index contributed by atoms with van der Waals surface area (Å²) in [6.45, 7) is 4.35. The summed E-state index contributed by atoms with van der Waals surface area (Å²) in [5, 5.41) is 2.86. The number of benzene rings is 3. The van der Waals surface area contributed by atoms with Gasteiger partial charge in [-0.15, -0.1) is 0 Å². The summed E-state index contributed by atoms with van der Waals surface area (Å²) >= 11 is 0. The maximum absolute atomic E-state index is 14.5. The van der Waals surface area contributed by atoms with E-state index in [0.717, 1.165) is 16.7 Å². The van der Waals surface area contributed by atoms with Crippen LogP contribution in [0.2, 0.25) is 0 Å². The van der Waals surface area contributed by atoms with Crippen molar-refractivity contribution in [2.75, 3.05) is 6.54 Å². The van der Waals surface area contributed by atoms with Crippen LogP contribution < -0.4 is 5.32 Å². The zero-order chi connectivity index (χ0) is 23.6. The van der Waals surface area contributed by atoms with Gasteiger partial charge in [0.05, 0.1) is 0 Å². The van der Waals surface area contributed by atoms with E-state index in [9.17, 15) is 14.0 Å². The van der Waals surface area contributed by atoms with E-state index < -0.39 is 6.04 Å². The van der Waals surface area contributed by atoms with Crippen LogP contribution in [0.1, 0.15) is 35.6 Å². The van der Waals surface area contributed by atoms with Gasteiger partial charge in [-0.05, 0) is 37.5 Å². The largest absolute Gasteiger partial charge is 0.355 e. The van der Waals surface area contributed by atoms with Gasteiger partial charge in [-0.2, -0.15) is 0 Å². The number of nitrogens with one attached hydrogen (secondary N) is 1. The van der Waals surface area contributed by atoms with Crippen LogP contribution in [0.4, 0.5) is 4.39 Å². The first kappa shape index (κ1) is 24.2. The van der Waals surface area contributed by atoms with Crippen LogP contribution in [-0.4, -0.2) is 29.3 Å². The molecule has 172 valence electrons. The second-order valence-electron chi connectivity index (χ2n) is 8.20. The zero-order valence-electron chi connectivity index (χ0n) is 19.3. The van der Waals surface area contributed by atoms with E-state index in [-0.39, 0.29) is 30.6 Å². The van der Waals surface area contributed by atoms with Gasteiger partial charge in [-0.25, -0.2) is 4.39 Å². The summed E-state index contributed by atoms with van der Waals surface area (Å²) in [6.07, 6.45) is 1.15. The molecule has 0 saturated heterocycles. The Morgan fingerprint density at radius 3 is 2.24 bits per heavy atom. The smallest absolute Gasteiger partial charge is 0.243 e. The fourth-order valence-corrected chi connectivity index (χ4v) is 3.81. The first-order chi connectivity index (χ1) is 16.0. The van der Waals surface area contributed by atoms with E-state index in [1.165, 1.54) is 11.0 Å². The third-order valence-corrected chi connectivity index (χ3v) is 5.67. The quantitative estimate of drug-likeness (QED) is 0.484. The molecule has 0 fully saturated rings. The number of carbonyl (C=O) groups is 2. The van der Waals surface area contributed by atoms with Crippen molar-refractivity contribution in [1.82, 2.24) is 10.2 Å².